The number of benzene rings is 1. The lowest BCUT2D eigenvalue weighted by Gasteiger charge is -2.23. The van der Waals surface area contributed by atoms with Crippen molar-refractivity contribution in [1.82, 2.24) is 0 Å². The highest BCUT2D eigenvalue weighted by Crippen LogP contribution is 2.29. The predicted octanol–water partition coefficient (Wildman–Crippen LogP) is 3.55. The zero-order valence-corrected chi connectivity index (χ0v) is 9.72. The van der Waals surface area contributed by atoms with Crippen LogP contribution in [0.3, 0.4) is 0 Å². The maximum atomic E-state index is 6.00. The molecule has 2 nitrogen and oxygen atoms in total. The first-order valence-electron chi connectivity index (χ1n) is 4.95. The van der Waals surface area contributed by atoms with Crippen LogP contribution in [-0.2, 0) is 4.74 Å². The minimum Gasteiger partial charge on any atom is -0.489 e. The fraction of sp³-hybridized carbons (Fsp3) is 0.455. The van der Waals surface area contributed by atoms with Crippen LogP contribution in [0.5, 0.6) is 5.75 Å². The second kappa shape index (κ2) is 5.06. The monoisotopic (exact) mass is 246 g/mol. The summed E-state index contributed by atoms with van der Waals surface area (Å²) in [6.45, 7) is 1.51. The van der Waals surface area contributed by atoms with Crippen LogP contribution in [0.25, 0.3) is 0 Å². The van der Waals surface area contributed by atoms with Crippen LogP contribution in [0.1, 0.15) is 12.8 Å². The van der Waals surface area contributed by atoms with Crippen molar-refractivity contribution in [3.05, 3.63) is 28.2 Å². The Labute approximate surface area is 99.1 Å². The molecular formula is C11H12Cl2O2. The number of halogens is 2. The number of hydrogen-bond donors (Lipinski definition) is 0. The third-order valence-electron chi connectivity index (χ3n) is 2.36. The SMILES string of the molecule is Clc1ccc(Cl)c(OC2CCOCC2)c1. The standard InChI is InChI=1S/C11H12Cl2O2/c12-8-1-2-10(13)11(7-8)15-9-3-5-14-6-4-9/h1-2,7,9H,3-6H2. The number of hydrogen-bond acceptors (Lipinski definition) is 2. The third kappa shape index (κ3) is 3.00. The molecule has 1 aliphatic rings. The van der Waals surface area contributed by atoms with Crippen molar-refractivity contribution in [2.75, 3.05) is 13.2 Å². The van der Waals surface area contributed by atoms with E-state index in [9.17, 15) is 0 Å². The van der Waals surface area contributed by atoms with E-state index in [0.717, 1.165) is 26.1 Å². The minimum atomic E-state index is 0.190. The summed E-state index contributed by atoms with van der Waals surface area (Å²) in [4.78, 5) is 0. The molecule has 1 aliphatic heterocycles. The molecule has 1 heterocycles. The van der Waals surface area contributed by atoms with E-state index in [2.05, 4.69) is 0 Å². The van der Waals surface area contributed by atoms with Gasteiger partial charge in [-0.2, -0.15) is 0 Å². The molecule has 0 bridgehead atoms. The first-order chi connectivity index (χ1) is 7.25. The largest absolute Gasteiger partial charge is 0.489 e. The molecule has 1 fully saturated rings. The van der Waals surface area contributed by atoms with Gasteiger partial charge in [0.1, 0.15) is 11.9 Å². The summed E-state index contributed by atoms with van der Waals surface area (Å²) < 4.78 is 11.0. The summed E-state index contributed by atoms with van der Waals surface area (Å²) in [6.07, 6.45) is 2.00. The fourth-order valence-electron chi connectivity index (χ4n) is 1.54. The zero-order valence-electron chi connectivity index (χ0n) is 8.21. The first-order valence-corrected chi connectivity index (χ1v) is 5.71. The molecule has 0 spiro atoms. The molecule has 0 aliphatic carbocycles. The van der Waals surface area contributed by atoms with Crippen LogP contribution in [0.15, 0.2) is 18.2 Å². The third-order valence-corrected chi connectivity index (χ3v) is 2.90. The number of ether oxygens (including phenoxy) is 2. The molecule has 0 atom stereocenters. The van der Waals surface area contributed by atoms with Crippen LogP contribution >= 0.6 is 23.2 Å². The maximum Gasteiger partial charge on any atom is 0.139 e. The second-order valence-electron chi connectivity index (χ2n) is 3.50. The molecule has 0 unspecified atom stereocenters. The lowest BCUT2D eigenvalue weighted by molar-refractivity contribution is 0.0256. The number of rotatable bonds is 2. The molecule has 0 amide bonds. The van der Waals surface area contributed by atoms with E-state index in [0.29, 0.717) is 15.8 Å². The normalized spacial score (nSPS) is 17.7. The summed E-state index contributed by atoms with van der Waals surface area (Å²) in [6, 6.07) is 5.25. The van der Waals surface area contributed by atoms with Gasteiger partial charge in [-0.05, 0) is 12.1 Å². The molecule has 1 aromatic rings. The Bertz CT molecular complexity index is 335. The summed E-state index contributed by atoms with van der Waals surface area (Å²) >= 11 is 11.9. The maximum absolute atomic E-state index is 6.00. The Morgan fingerprint density at radius 1 is 1.20 bits per heavy atom. The van der Waals surface area contributed by atoms with E-state index in [1.54, 1.807) is 18.2 Å². The van der Waals surface area contributed by atoms with E-state index in [1.807, 2.05) is 0 Å². The molecule has 0 N–H and O–H groups in total. The summed E-state index contributed by atoms with van der Waals surface area (Å²) in [7, 11) is 0. The smallest absolute Gasteiger partial charge is 0.139 e. The minimum absolute atomic E-state index is 0.190. The van der Waals surface area contributed by atoms with Crippen molar-refractivity contribution in [3.8, 4) is 5.75 Å². The molecule has 4 heteroatoms. The Morgan fingerprint density at radius 2 is 1.93 bits per heavy atom. The quantitative estimate of drug-likeness (QED) is 0.795. The van der Waals surface area contributed by atoms with Gasteiger partial charge >= 0.3 is 0 Å². The average molecular weight is 247 g/mol. The van der Waals surface area contributed by atoms with Crippen LogP contribution in [0.4, 0.5) is 0 Å². The highest BCUT2D eigenvalue weighted by Gasteiger charge is 2.16. The molecule has 15 heavy (non-hydrogen) atoms. The summed E-state index contributed by atoms with van der Waals surface area (Å²) in [5.74, 6) is 0.663. The van der Waals surface area contributed by atoms with Gasteiger partial charge in [-0.3, -0.25) is 0 Å². The molecule has 1 saturated heterocycles. The van der Waals surface area contributed by atoms with Crippen molar-refractivity contribution in [2.24, 2.45) is 0 Å². The van der Waals surface area contributed by atoms with Crippen LogP contribution in [-0.4, -0.2) is 19.3 Å². The average Bonchev–Trinajstić information content (AvgIpc) is 2.25. The lowest BCUT2D eigenvalue weighted by atomic mass is 10.1. The molecule has 1 aromatic carbocycles. The summed E-state index contributed by atoms with van der Waals surface area (Å²) in [5.41, 5.74) is 0. The van der Waals surface area contributed by atoms with Crippen LogP contribution in [0, 0.1) is 0 Å². The molecule has 0 aromatic heterocycles. The van der Waals surface area contributed by atoms with Crippen molar-refractivity contribution in [2.45, 2.75) is 18.9 Å². The molecule has 0 saturated carbocycles. The van der Waals surface area contributed by atoms with Crippen molar-refractivity contribution in [1.29, 1.82) is 0 Å². The van der Waals surface area contributed by atoms with E-state index in [1.165, 1.54) is 0 Å². The Balaban J connectivity index is 2.05. The molecule has 2 rings (SSSR count). The van der Waals surface area contributed by atoms with Crippen LogP contribution < -0.4 is 4.74 Å². The topological polar surface area (TPSA) is 18.5 Å². The first kappa shape index (κ1) is 11.1. The Morgan fingerprint density at radius 3 is 2.67 bits per heavy atom. The fourth-order valence-corrected chi connectivity index (χ4v) is 1.87. The highest BCUT2D eigenvalue weighted by molar-refractivity contribution is 6.34. The van der Waals surface area contributed by atoms with E-state index < -0.39 is 0 Å². The van der Waals surface area contributed by atoms with Gasteiger partial charge in [0.25, 0.3) is 0 Å². The Kier molecular flexibility index (Phi) is 3.73. The van der Waals surface area contributed by atoms with E-state index in [-0.39, 0.29) is 6.10 Å². The summed E-state index contributed by atoms with van der Waals surface area (Å²) in [5, 5.41) is 1.24. The van der Waals surface area contributed by atoms with Crippen LogP contribution in [0.2, 0.25) is 10.0 Å². The molecule has 82 valence electrons. The highest BCUT2D eigenvalue weighted by atomic mass is 35.5. The van der Waals surface area contributed by atoms with Gasteiger partial charge in [0.2, 0.25) is 0 Å². The van der Waals surface area contributed by atoms with Crippen molar-refractivity contribution in [3.63, 3.8) is 0 Å². The molecule has 0 radical (unpaired) electrons. The van der Waals surface area contributed by atoms with Crippen molar-refractivity contribution < 1.29 is 9.47 Å². The molecular weight excluding hydrogens is 235 g/mol. The van der Waals surface area contributed by atoms with Crippen molar-refractivity contribution >= 4 is 23.2 Å². The van der Waals surface area contributed by atoms with Gasteiger partial charge in [-0.15, -0.1) is 0 Å². The lowest BCUT2D eigenvalue weighted by Crippen LogP contribution is -2.25. The van der Waals surface area contributed by atoms with E-state index in [4.69, 9.17) is 32.7 Å². The predicted molar refractivity (Wildman–Crippen MR) is 60.9 cm³/mol. The Hall–Kier alpha value is -0.440. The van der Waals surface area contributed by atoms with Gasteiger partial charge in [0.15, 0.2) is 0 Å². The van der Waals surface area contributed by atoms with Gasteiger partial charge in [-0.1, -0.05) is 23.2 Å². The van der Waals surface area contributed by atoms with Gasteiger partial charge < -0.3 is 9.47 Å². The van der Waals surface area contributed by atoms with Gasteiger partial charge in [0, 0.05) is 23.9 Å². The second-order valence-corrected chi connectivity index (χ2v) is 4.35. The zero-order chi connectivity index (χ0) is 10.7. The van der Waals surface area contributed by atoms with E-state index >= 15 is 0 Å². The van der Waals surface area contributed by atoms with Gasteiger partial charge in [0.05, 0.1) is 18.2 Å². The van der Waals surface area contributed by atoms with Gasteiger partial charge in [-0.25, -0.2) is 0 Å².